The van der Waals surface area contributed by atoms with Gasteiger partial charge in [-0.2, -0.15) is 0 Å². The number of hydrogen-bond acceptors (Lipinski definition) is 6. The van der Waals surface area contributed by atoms with Gasteiger partial charge < -0.3 is 9.47 Å². The van der Waals surface area contributed by atoms with Crippen molar-refractivity contribution in [2.24, 2.45) is 0 Å². The van der Waals surface area contributed by atoms with Crippen LogP contribution in [0.3, 0.4) is 0 Å². The summed E-state index contributed by atoms with van der Waals surface area (Å²) < 4.78 is 35.7. The van der Waals surface area contributed by atoms with Crippen LogP contribution in [-0.2, 0) is 14.3 Å². The third-order valence-corrected chi connectivity index (χ3v) is 4.18. The number of thiazole rings is 1. The van der Waals surface area contributed by atoms with Gasteiger partial charge in [0.15, 0.2) is 18.3 Å². The second-order valence-electron chi connectivity index (χ2n) is 5.50. The third kappa shape index (κ3) is 5.58. The van der Waals surface area contributed by atoms with E-state index in [1.807, 2.05) is 0 Å². The number of rotatable bonds is 7. The highest BCUT2D eigenvalue weighted by Crippen LogP contribution is 2.24. The summed E-state index contributed by atoms with van der Waals surface area (Å²) in [6, 6.07) is 10.9. The number of ether oxygens (including phenoxy) is 2. The SMILES string of the molecule is O=C(COC(=O)COc1ccc(F)cc1)Nc1nc(-c2ccc(F)cc2)cs1. The molecule has 0 atom stereocenters. The minimum atomic E-state index is -0.745. The highest BCUT2D eigenvalue weighted by molar-refractivity contribution is 7.14. The number of carbonyl (C=O) groups excluding carboxylic acids is 2. The summed E-state index contributed by atoms with van der Waals surface area (Å²) in [6.07, 6.45) is 0. The van der Waals surface area contributed by atoms with Gasteiger partial charge in [0, 0.05) is 10.9 Å². The zero-order valence-corrected chi connectivity index (χ0v) is 15.2. The van der Waals surface area contributed by atoms with E-state index in [0.29, 0.717) is 22.1 Å². The van der Waals surface area contributed by atoms with Crippen molar-refractivity contribution in [3.05, 3.63) is 65.5 Å². The Morgan fingerprint density at radius 1 is 0.964 bits per heavy atom. The molecule has 2 aromatic carbocycles. The Morgan fingerprint density at radius 3 is 2.29 bits per heavy atom. The van der Waals surface area contributed by atoms with E-state index < -0.39 is 30.9 Å². The highest BCUT2D eigenvalue weighted by Gasteiger charge is 2.11. The van der Waals surface area contributed by atoms with Gasteiger partial charge >= 0.3 is 5.97 Å². The molecule has 0 bridgehead atoms. The first-order valence-corrected chi connectivity index (χ1v) is 8.93. The Balaban J connectivity index is 1.43. The predicted octanol–water partition coefficient (Wildman–Crippen LogP) is 3.65. The fraction of sp³-hybridized carbons (Fsp3) is 0.105. The lowest BCUT2D eigenvalue weighted by Gasteiger charge is -2.06. The first kappa shape index (κ1) is 19.4. The topological polar surface area (TPSA) is 77.5 Å². The molecule has 28 heavy (non-hydrogen) atoms. The molecule has 0 radical (unpaired) electrons. The molecule has 0 saturated heterocycles. The number of amides is 1. The molecule has 0 unspecified atom stereocenters. The Morgan fingerprint density at radius 2 is 1.61 bits per heavy atom. The first-order chi connectivity index (χ1) is 13.5. The number of halogens is 2. The summed E-state index contributed by atoms with van der Waals surface area (Å²) in [5.41, 5.74) is 1.30. The van der Waals surface area contributed by atoms with Crippen LogP contribution in [0.25, 0.3) is 11.3 Å². The molecule has 144 valence electrons. The minimum absolute atomic E-state index is 0.305. The van der Waals surface area contributed by atoms with E-state index in [1.54, 1.807) is 17.5 Å². The van der Waals surface area contributed by atoms with Gasteiger partial charge in [-0.3, -0.25) is 10.1 Å². The Bertz CT molecular complexity index is 959. The zero-order chi connectivity index (χ0) is 19.9. The summed E-state index contributed by atoms with van der Waals surface area (Å²) in [4.78, 5) is 27.7. The van der Waals surface area contributed by atoms with Gasteiger partial charge in [-0.1, -0.05) is 0 Å². The molecule has 1 aromatic heterocycles. The molecule has 1 heterocycles. The highest BCUT2D eigenvalue weighted by atomic mass is 32.1. The number of nitrogens with zero attached hydrogens (tertiary/aromatic N) is 1. The number of hydrogen-bond donors (Lipinski definition) is 1. The Kier molecular flexibility index (Phi) is 6.28. The van der Waals surface area contributed by atoms with E-state index in [1.165, 1.54) is 47.7 Å². The summed E-state index contributed by atoms with van der Waals surface area (Å²) >= 11 is 1.19. The van der Waals surface area contributed by atoms with Gasteiger partial charge in [-0.25, -0.2) is 18.6 Å². The molecule has 0 spiro atoms. The number of esters is 1. The maximum atomic E-state index is 13.0. The van der Waals surface area contributed by atoms with Crippen molar-refractivity contribution >= 4 is 28.3 Å². The lowest BCUT2D eigenvalue weighted by Crippen LogP contribution is -2.23. The van der Waals surface area contributed by atoms with Crippen LogP contribution in [0.2, 0.25) is 0 Å². The van der Waals surface area contributed by atoms with Crippen molar-refractivity contribution < 1.29 is 27.8 Å². The molecule has 0 fully saturated rings. The normalized spacial score (nSPS) is 10.4. The van der Waals surface area contributed by atoms with Crippen molar-refractivity contribution in [2.75, 3.05) is 18.5 Å². The number of anilines is 1. The van der Waals surface area contributed by atoms with Crippen molar-refractivity contribution in [3.63, 3.8) is 0 Å². The average molecular weight is 404 g/mol. The molecule has 6 nitrogen and oxygen atoms in total. The summed E-state index contributed by atoms with van der Waals surface area (Å²) in [5.74, 6) is -1.77. The summed E-state index contributed by atoms with van der Waals surface area (Å²) in [6.45, 7) is -0.915. The van der Waals surface area contributed by atoms with Gasteiger partial charge in [0.2, 0.25) is 0 Å². The largest absolute Gasteiger partial charge is 0.482 e. The van der Waals surface area contributed by atoms with E-state index in [0.717, 1.165) is 0 Å². The molecule has 0 aliphatic carbocycles. The lowest BCUT2D eigenvalue weighted by atomic mass is 10.2. The van der Waals surface area contributed by atoms with Crippen LogP contribution in [0.15, 0.2) is 53.9 Å². The molecule has 3 rings (SSSR count). The van der Waals surface area contributed by atoms with Crippen LogP contribution < -0.4 is 10.1 Å². The van der Waals surface area contributed by atoms with Gasteiger partial charge in [0.05, 0.1) is 5.69 Å². The quantitative estimate of drug-likeness (QED) is 0.609. The van der Waals surface area contributed by atoms with Crippen molar-refractivity contribution in [1.82, 2.24) is 4.98 Å². The number of aromatic nitrogens is 1. The molecule has 1 amide bonds. The molecule has 9 heteroatoms. The fourth-order valence-corrected chi connectivity index (χ4v) is 2.84. The van der Waals surface area contributed by atoms with Crippen LogP contribution in [0.4, 0.5) is 13.9 Å². The monoisotopic (exact) mass is 404 g/mol. The van der Waals surface area contributed by atoms with E-state index in [-0.39, 0.29) is 5.82 Å². The van der Waals surface area contributed by atoms with Crippen LogP contribution in [0.5, 0.6) is 5.75 Å². The number of nitrogens with one attached hydrogen (secondary N) is 1. The lowest BCUT2D eigenvalue weighted by molar-refractivity contribution is -0.149. The predicted molar refractivity (Wildman–Crippen MR) is 99.0 cm³/mol. The average Bonchev–Trinajstić information content (AvgIpc) is 3.15. The van der Waals surface area contributed by atoms with Crippen molar-refractivity contribution in [2.45, 2.75) is 0 Å². The third-order valence-electron chi connectivity index (χ3n) is 3.43. The van der Waals surface area contributed by atoms with Gasteiger partial charge in [-0.15, -0.1) is 11.3 Å². The smallest absolute Gasteiger partial charge is 0.344 e. The molecular weight excluding hydrogens is 390 g/mol. The van der Waals surface area contributed by atoms with Crippen LogP contribution in [0.1, 0.15) is 0 Å². The second kappa shape index (κ2) is 9.05. The molecular formula is C19H14F2N2O4S. The van der Waals surface area contributed by atoms with E-state index in [4.69, 9.17) is 9.47 Å². The molecule has 0 saturated carbocycles. The fourth-order valence-electron chi connectivity index (χ4n) is 2.10. The Hall–Kier alpha value is -3.33. The van der Waals surface area contributed by atoms with Crippen LogP contribution in [-0.4, -0.2) is 30.1 Å². The zero-order valence-electron chi connectivity index (χ0n) is 14.4. The maximum absolute atomic E-state index is 13.0. The molecule has 0 aliphatic rings. The molecule has 1 N–H and O–H groups in total. The summed E-state index contributed by atoms with van der Waals surface area (Å²) in [7, 11) is 0. The van der Waals surface area contributed by atoms with Gasteiger partial charge in [0.25, 0.3) is 5.91 Å². The maximum Gasteiger partial charge on any atom is 0.344 e. The molecule has 3 aromatic rings. The summed E-state index contributed by atoms with van der Waals surface area (Å²) in [5, 5.41) is 4.55. The first-order valence-electron chi connectivity index (χ1n) is 8.05. The molecule has 0 aliphatic heterocycles. The number of benzene rings is 2. The van der Waals surface area contributed by atoms with E-state index in [2.05, 4.69) is 10.3 Å². The van der Waals surface area contributed by atoms with Gasteiger partial charge in [-0.05, 0) is 48.5 Å². The minimum Gasteiger partial charge on any atom is -0.482 e. The van der Waals surface area contributed by atoms with Crippen molar-refractivity contribution in [1.29, 1.82) is 0 Å². The van der Waals surface area contributed by atoms with E-state index >= 15 is 0 Å². The van der Waals surface area contributed by atoms with Crippen molar-refractivity contribution in [3.8, 4) is 17.0 Å². The van der Waals surface area contributed by atoms with Gasteiger partial charge in [0.1, 0.15) is 17.4 Å². The van der Waals surface area contributed by atoms with E-state index in [9.17, 15) is 18.4 Å². The second-order valence-corrected chi connectivity index (χ2v) is 6.35. The van der Waals surface area contributed by atoms with Crippen LogP contribution in [0, 0.1) is 11.6 Å². The standard InChI is InChI=1S/C19H14F2N2O4S/c20-13-3-1-12(2-4-13)16-11-28-19(22-16)23-17(24)9-27-18(25)10-26-15-7-5-14(21)6-8-15/h1-8,11H,9-10H2,(H,22,23,24). The van der Waals surface area contributed by atoms with Crippen LogP contribution >= 0.6 is 11.3 Å². The Labute approximate surface area is 162 Å². The number of carbonyl (C=O) groups is 2.